The van der Waals surface area contributed by atoms with Gasteiger partial charge >= 0.3 is 5.97 Å². The van der Waals surface area contributed by atoms with Crippen molar-refractivity contribution < 1.29 is 27.4 Å². The lowest BCUT2D eigenvalue weighted by atomic mass is 9.92. The van der Waals surface area contributed by atoms with Crippen molar-refractivity contribution in [2.75, 3.05) is 20.2 Å². The van der Waals surface area contributed by atoms with Crippen molar-refractivity contribution in [1.29, 1.82) is 0 Å². The zero-order chi connectivity index (χ0) is 16.5. The van der Waals surface area contributed by atoms with Gasteiger partial charge in [-0.25, -0.2) is 12.8 Å². The van der Waals surface area contributed by atoms with Crippen LogP contribution in [0.25, 0.3) is 0 Å². The summed E-state index contributed by atoms with van der Waals surface area (Å²) in [6.07, 6.45) is 0.429. The van der Waals surface area contributed by atoms with E-state index in [0.29, 0.717) is 6.42 Å². The van der Waals surface area contributed by atoms with Crippen LogP contribution in [-0.4, -0.2) is 44.0 Å². The number of hydrogen-bond acceptors (Lipinski definition) is 4. The van der Waals surface area contributed by atoms with E-state index in [4.69, 9.17) is 9.84 Å². The molecule has 1 fully saturated rings. The van der Waals surface area contributed by atoms with Crippen LogP contribution in [-0.2, 0) is 14.8 Å². The molecule has 0 spiro atoms. The summed E-state index contributed by atoms with van der Waals surface area (Å²) in [6, 6.07) is 3.39. The van der Waals surface area contributed by atoms with Crippen molar-refractivity contribution >= 4 is 16.0 Å². The molecule has 1 saturated heterocycles. The van der Waals surface area contributed by atoms with Crippen LogP contribution in [0.1, 0.15) is 13.3 Å². The number of aliphatic carboxylic acids is 1. The smallest absolute Gasteiger partial charge is 0.307 e. The average molecular weight is 331 g/mol. The maximum Gasteiger partial charge on any atom is 0.307 e. The fourth-order valence-electron chi connectivity index (χ4n) is 2.63. The van der Waals surface area contributed by atoms with Crippen LogP contribution >= 0.6 is 0 Å². The van der Waals surface area contributed by atoms with Crippen molar-refractivity contribution in [3.63, 3.8) is 0 Å². The minimum atomic E-state index is -3.93. The molecule has 1 aromatic carbocycles. The molecular formula is C14H18FNO5S. The van der Waals surface area contributed by atoms with Crippen molar-refractivity contribution in [1.82, 2.24) is 4.31 Å². The number of methoxy groups -OCH3 is 1. The van der Waals surface area contributed by atoms with Gasteiger partial charge in [0.25, 0.3) is 0 Å². The van der Waals surface area contributed by atoms with Crippen LogP contribution in [0.15, 0.2) is 23.1 Å². The van der Waals surface area contributed by atoms with Crippen LogP contribution in [0.4, 0.5) is 4.39 Å². The van der Waals surface area contributed by atoms with Crippen LogP contribution in [0.2, 0.25) is 0 Å². The summed E-state index contributed by atoms with van der Waals surface area (Å²) in [6.45, 7) is 1.92. The highest BCUT2D eigenvalue weighted by Gasteiger charge is 2.36. The molecule has 0 aromatic heterocycles. The van der Waals surface area contributed by atoms with Gasteiger partial charge < -0.3 is 9.84 Å². The monoisotopic (exact) mass is 331 g/mol. The zero-order valence-corrected chi connectivity index (χ0v) is 13.1. The molecule has 1 heterocycles. The largest absolute Gasteiger partial charge is 0.494 e. The van der Waals surface area contributed by atoms with Gasteiger partial charge in [-0.15, -0.1) is 0 Å². The molecule has 0 aliphatic carbocycles. The normalized spacial score (nSPS) is 23.2. The summed E-state index contributed by atoms with van der Waals surface area (Å²) in [7, 11) is -2.65. The Hall–Kier alpha value is -1.67. The number of rotatable bonds is 4. The molecule has 2 atom stereocenters. The van der Waals surface area contributed by atoms with E-state index < -0.39 is 27.7 Å². The van der Waals surface area contributed by atoms with Crippen LogP contribution in [0.3, 0.4) is 0 Å². The van der Waals surface area contributed by atoms with E-state index in [2.05, 4.69) is 0 Å². The second-order valence-corrected chi connectivity index (χ2v) is 7.43. The number of carboxylic acids is 1. The lowest BCUT2D eigenvalue weighted by Gasteiger charge is -2.33. The number of carboxylic acid groups (broad SMARTS) is 1. The van der Waals surface area contributed by atoms with Crippen LogP contribution in [0, 0.1) is 17.7 Å². The van der Waals surface area contributed by atoms with E-state index in [1.54, 1.807) is 6.92 Å². The Labute approximate surface area is 128 Å². The SMILES string of the molecule is COc1ccc(S(=O)(=O)N2CC(C)CC(C(=O)O)C2)cc1F. The van der Waals surface area contributed by atoms with Gasteiger partial charge in [-0.05, 0) is 30.5 Å². The fraction of sp³-hybridized carbons (Fsp3) is 0.500. The van der Waals surface area contributed by atoms with E-state index in [0.717, 1.165) is 10.4 Å². The molecule has 1 N–H and O–H groups in total. The zero-order valence-electron chi connectivity index (χ0n) is 12.3. The number of nitrogens with zero attached hydrogens (tertiary/aromatic N) is 1. The molecule has 2 rings (SSSR count). The lowest BCUT2D eigenvalue weighted by Crippen LogP contribution is -2.45. The molecule has 0 saturated carbocycles. The number of sulfonamides is 1. The molecule has 6 nitrogen and oxygen atoms in total. The maximum absolute atomic E-state index is 13.7. The first-order valence-electron chi connectivity index (χ1n) is 6.82. The van der Waals surface area contributed by atoms with E-state index in [1.807, 2.05) is 0 Å². The predicted octanol–water partition coefficient (Wildman–Crippen LogP) is 1.57. The molecule has 0 radical (unpaired) electrons. The third-order valence-corrected chi connectivity index (χ3v) is 5.56. The summed E-state index contributed by atoms with van der Waals surface area (Å²) in [5, 5.41) is 9.12. The minimum Gasteiger partial charge on any atom is -0.494 e. The molecule has 0 bridgehead atoms. The number of piperidine rings is 1. The fourth-order valence-corrected chi connectivity index (χ4v) is 4.25. The highest BCUT2D eigenvalue weighted by atomic mass is 32.2. The van der Waals surface area contributed by atoms with E-state index >= 15 is 0 Å². The number of ether oxygens (including phenoxy) is 1. The van der Waals surface area contributed by atoms with Crippen LogP contribution < -0.4 is 4.74 Å². The molecule has 1 aromatic rings. The number of hydrogen-bond donors (Lipinski definition) is 1. The lowest BCUT2D eigenvalue weighted by molar-refractivity contribution is -0.143. The Kier molecular flexibility index (Phi) is 4.72. The Morgan fingerprint density at radius 3 is 2.64 bits per heavy atom. The molecule has 0 amide bonds. The summed E-state index contributed by atoms with van der Waals surface area (Å²) < 4.78 is 44.8. The average Bonchev–Trinajstić information content (AvgIpc) is 2.46. The van der Waals surface area contributed by atoms with Gasteiger partial charge in [-0.1, -0.05) is 6.92 Å². The van der Waals surface area contributed by atoms with Crippen molar-refractivity contribution in [2.24, 2.45) is 11.8 Å². The van der Waals surface area contributed by atoms with Gasteiger partial charge in [0.1, 0.15) is 0 Å². The Morgan fingerprint density at radius 2 is 2.09 bits per heavy atom. The molecule has 2 unspecified atom stereocenters. The van der Waals surface area contributed by atoms with Gasteiger partial charge in [-0.3, -0.25) is 4.79 Å². The second kappa shape index (κ2) is 6.21. The second-order valence-electron chi connectivity index (χ2n) is 5.49. The summed E-state index contributed by atoms with van der Waals surface area (Å²) >= 11 is 0. The Balaban J connectivity index is 2.33. The van der Waals surface area contributed by atoms with E-state index in [-0.39, 0.29) is 29.7 Å². The molecule has 1 aliphatic rings. The first-order chi connectivity index (χ1) is 10.3. The third-order valence-electron chi connectivity index (χ3n) is 3.74. The Morgan fingerprint density at radius 1 is 1.41 bits per heavy atom. The van der Waals surface area contributed by atoms with Gasteiger partial charge in [0.15, 0.2) is 11.6 Å². The number of carbonyl (C=O) groups is 1. The Bertz CT molecular complexity index is 676. The maximum atomic E-state index is 13.7. The summed E-state index contributed by atoms with van der Waals surface area (Å²) in [4.78, 5) is 10.9. The predicted molar refractivity (Wildman–Crippen MR) is 76.6 cm³/mol. The first kappa shape index (κ1) is 16.7. The molecule has 1 aliphatic heterocycles. The molecule has 22 heavy (non-hydrogen) atoms. The van der Waals surface area contributed by atoms with Crippen molar-refractivity contribution in [2.45, 2.75) is 18.2 Å². The highest BCUT2D eigenvalue weighted by Crippen LogP contribution is 2.29. The van der Waals surface area contributed by atoms with Gasteiger partial charge in [0, 0.05) is 13.1 Å². The van der Waals surface area contributed by atoms with Gasteiger partial charge in [0.05, 0.1) is 17.9 Å². The summed E-state index contributed by atoms with van der Waals surface area (Å²) in [5.41, 5.74) is 0. The number of halogens is 1. The van der Waals surface area contributed by atoms with Crippen LogP contribution in [0.5, 0.6) is 5.75 Å². The molecular weight excluding hydrogens is 313 g/mol. The standard InChI is InChI=1S/C14H18FNO5S/c1-9-5-10(14(17)18)8-16(7-9)22(19,20)11-3-4-13(21-2)12(15)6-11/h3-4,6,9-10H,5,7-8H2,1-2H3,(H,17,18). The quantitative estimate of drug-likeness (QED) is 0.905. The topological polar surface area (TPSA) is 83.9 Å². The van der Waals surface area contributed by atoms with E-state index in [1.165, 1.54) is 19.2 Å². The van der Waals surface area contributed by atoms with Crippen molar-refractivity contribution in [3.8, 4) is 5.75 Å². The first-order valence-corrected chi connectivity index (χ1v) is 8.26. The minimum absolute atomic E-state index is 0.0469. The number of benzene rings is 1. The molecule has 122 valence electrons. The third kappa shape index (κ3) is 3.22. The van der Waals surface area contributed by atoms with E-state index in [9.17, 15) is 17.6 Å². The van der Waals surface area contributed by atoms with Gasteiger partial charge in [-0.2, -0.15) is 4.31 Å². The van der Waals surface area contributed by atoms with Crippen molar-refractivity contribution in [3.05, 3.63) is 24.0 Å². The highest BCUT2D eigenvalue weighted by molar-refractivity contribution is 7.89. The molecule has 8 heteroatoms. The summed E-state index contributed by atoms with van der Waals surface area (Å²) in [5.74, 6) is -2.67. The van der Waals surface area contributed by atoms with Gasteiger partial charge in [0.2, 0.25) is 10.0 Å².